The second kappa shape index (κ2) is 8.14. The Labute approximate surface area is 198 Å². The first-order valence-electron chi connectivity index (χ1n) is 9.95. The standard InChI is InChI=1S/C22H18Cl3N3O4/c23-13-1-3-14(4-2-13)31-9-19(29)27-22-10-21(11-22,12-22)20-26-18(28-32-20)8-30-15-5-6-16(24)17(25)7-15/h1-7H,8-12H2,(H,27,29). The van der Waals surface area contributed by atoms with Gasteiger partial charge in [-0.25, -0.2) is 0 Å². The zero-order valence-corrected chi connectivity index (χ0v) is 19.0. The van der Waals surface area contributed by atoms with Gasteiger partial charge in [0.05, 0.1) is 15.5 Å². The number of nitrogens with one attached hydrogen (secondary N) is 1. The molecule has 32 heavy (non-hydrogen) atoms. The SMILES string of the molecule is O=C(COc1ccc(Cl)cc1)NC12CC(c3nc(COc4ccc(Cl)c(Cl)c4)no3)(C1)C2. The fraction of sp³-hybridized carbons (Fsp3) is 0.318. The highest BCUT2D eigenvalue weighted by atomic mass is 35.5. The maximum atomic E-state index is 12.3. The molecule has 3 aliphatic rings. The van der Waals surface area contributed by atoms with E-state index in [1.54, 1.807) is 42.5 Å². The van der Waals surface area contributed by atoms with Gasteiger partial charge in [0, 0.05) is 16.6 Å². The van der Waals surface area contributed by atoms with Crippen molar-refractivity contribution in [1.82, 2.24) is 15.5 Å². The third-order valence-electron chi connectivity index (χ3n) is 5.80. The van der Waals surface area contributed by atoms with E-state index in [2.05, 4.69) is 15.5 Å². The summed E-state index contributed by atoms with van der Waals surface area (Å²) < 4.78 is 16.6. The van der Waals surface area contributed by atoms with Crippen LogP contribution >= 0.6 is 34.8 Å². The predicted molar refractivity (Wildman–Crippen MR) is 118 cm³/mol. The minimum absolute atomic E-state index is 0.0485. The van der Waals surface area contributed by atoms with Crippen molar-refractivity contribution in [3.05, 3.63) is 69.2 Å². The van der Waals surface area contributed by atoms with Crippen LogP contribution in [0.3, 0.4) is 0 Å². The third kappa shape index (κ3) is 4.12. The monoisotopic (exact) mass is 493 g/mol. The molecule has 1 N–H and O–H groups in total. The Morgan fingerprint density at radius 3 is 2.44 bits per heavy atom. The second-order valence-electron chi connectivity index (χ2n) is 8.26. The van der Waals surface area contributed by atoms with Gasteiger partial charge in [0.1, 0.15) is 11.5 Å². The Morgan fingerprint density at radius 2 is 1.72 bits per heavy atom. The molecule has 0 unspecified atom stereocenters. The first kappa shape index (κ1) is 21.4. The van der Waals surface area contributed by atoms with Crippen molar-refractivity contribution in [2.75, 3.05) is 6.61 Å². The molecule has 7 nitrogen and oxygen atoms in total. The highest BCUT2D eigenvalue weighted by Crippen LogP contribution is 2.67. The number of carbonyl (C=O) groups is 1. The van der Waals surface area contributed by atoms with Gasteiger partial charge in [-0.2, -0.15) is 4.98 Å². The molecule has 3 aromatic rings. The van der Waals surface area contributed by atoms with E-state index >= 15 is 0 Å². The van der Waals surface area contributed by atoms with E-state index < -0.39 is 0 Å². The van der Waals surface area contributed by atoms with Gasteiger partial charge in [0.25, 0.3) is 5.91 Å². The molecule has 3 aliphatic carbocycles. The van der Waals surface area contributed by atoms with E-state index in [1.165, 1.54) is 0 Å². The molecule has 3 saturated carbocycles. The van der Waals surface area contributed by atoms with Crippen molar-refractivity contribution in [3.8, 4) is 11.5 Å². The predicted octanol–water partition coefficient (Wildman–Crippen LogP) is 4.98. The molecular weight excluding hydrogens is 477 g/mol. The van der Waals surface area contributed by atoms with E-state index in [1.807, 2.05) is 0 Å². The second-order valence-corrected chi connectivity index (χ2v) is 9.51. The maximum absolute atomic E-state index is 12.3. The number of halogens is 3. The number of aromatic nitrogens is 2. The summed E-state index contributed by atoms with van der Waals surface area (Å²) in [6.45, 7) is 0.106. The first-order chi connectivity index (χ1) is 15.3. The molecule has 1 aromatic heterocycles. The number of hydrogen-bond donors (Lipinski definition) is 1. The van der Waals surface area contributed by atoms with E-state index in [9.17, 15) is 4.79 Å². The molecular formula is C22H18Cl3N3O4. The topological polar surface area (TPSA) is 86.5 Å². The fourth-order valence-electron chi connectivity index (χ4n) is 4.40. The van der Waals surface area contributed by atoms with Crippen molar-refractivity contribution in [3.63, 3.8) is 0 Å². The average molecular weight is 495 g/mol. The van der Waals surface area contributed by atoms with Crippen LogP contribution in [0.5, 0.6) is 11.5 Å². The lowest BCUT2D eigenvalue weighted by Gasteiger charge is -2.68. The van der Waals surface area contributed by atoms with Crippen molar-refractivity contribution < 1.29 is 18.8 Å². The van der Waals surface area contributed by atoms with Crippen LogP contribution in [-0.2, 0) is 16.8 Å². The zero-order valence-electron chi connectivity index (χ0n) is 16.7. The van der Waals surface area contributed by atoms with Crippen molar-refractivity contribution in [2.24, 2.45) is 0 Å². The third-order valence-corrected chi connectivity index (χ3v) is 6.79. The number of carbonyl (C=O) groups excluding carboxylic acids is 1. The first-order valence-corrected chi connectivity index (χ1v) is 11.1. The fourth-order valence-corrected chi connectivity index (χ4v) is 4.82. The largest absolute Gasteiger partial charge is 0.485 e. The highest BCUT2D eigenvalue weighted by Gasteiger charge is 2.71. The molecule has 10 heteroatoms. The zero-order chi connectivity index (χ0) is 22.3. The van der Waals surface area contributed by atoms with Crippen LogP contribution in [0, 0.1) is 0 Å². The Hall–Kier alpha value is -2.48. The molecule has 0 radical (unpaired) electrons. The number of ether oxygens (including phenoxy) is 2. The number of nitrogens with zero attached hydrogens (tertiary/aromatic N) is 2. The van der Waals surface area contributed by atoms with Crippen molar-refractivity contribution in [1.29, 1.82) is 0 Å². The molecule has 0 atom stereocenters. The highest BCUT2D eigenvalue weighted by molar-refractivity contribution is 6.42. The number of rotatable bonds is 8. The van der Waals surface area contributed by atoms with Crippen LogP contribution in [0.2, 0.25) is 15.1 Å². The van der Waals surface area contributed by atoms with Crippen molar-refractivity contribution in [2.45, 2.75) is 36.8 Å². The molecule has 1 amide bonds. The van der Waals surface area contributed by atoms with E-state index in [0.29, 0.717) is 38.3 Å². The van der Waals surface area contributed by atoms with Gasteiger partial charge < -0.3 is 19.3 Å². The van der Waals surface area contributed by atoms with Gasteiger partial charge >= 0.3 is 0 Å². The molecule has 6 rings (SSSR count). The summed E-state index contributed by atoms with van der Waals surface area (Å²) in [5.74, 6) is 2.04. The lowest BCUT2D eigenvalue weighted by molar-refractivity contribution is -0.143. The average Bonchev–Trinajstić information content (AvgIpc) is 3.19. The van der Waals surface area contributed by atoms with E-state index in [0.717, 1.165) is 19.3 Å². The van der Waals surface area contributed by atoms with Gasteiger partial charge in [-0.15, -0.1) is 0 Å². The van der Waals surface area contributed by atoms with Gasteiger partial charge in [-0.3, -0.25) is 4.79 Å². The molecule has 0 aliphatic heterocycles. The minimum atomic E-state index is -0.217. The van der Waals surface area contributed by atoms with Gasteiger partial charge in [0.2, 0.25) is 11.7 Å². The summed E-state index contributed by atoms with van der Waals surface area (Å²) >= 11 is 17.7. The Kier molecular flexibility index (Phi) is 5.43. The van der Waals surface area contributed by atoms with Crippen LogP contribution in [0.1, 0.15) is 31.0 Å². The van der Waals surface area contributed by atoms with E-state index in [4.69, 9.17) is 48.8 Å². The Balaban J connectivity index is 1.10. The number of hydrogen-bond acceptors (Lipinski definition) is 6. The number of benzene rings is 2. The van der Waals surface area contributed by atoms with Crippen LogP contribution in [0.4, 0.5) is 0 Å². The molecule has 3 fully saturated rings. The van der Waals surface area contributed by atoms with Crippen LogP contribution in [-0.4, -0.2) is 28.2 Å². The maximum Gasteiger partial charge on any atom is 0.258 e. The summed E-state index contributed by atoms with van der Waals surface area (Å²) in [7, 11) is 0. The summed E-state index contributed by atoms with van der Waals surface area (Å²) in [5.41, 5.74) is -0.384. The summed E-state index contributed by atoms with van der Waals surface area (Å²) in [6.07, 6.45) is 2.30. The number of amides is 1. The smallest absolute Gasteiger partial charge is 0.258 e. The molecule has 0 spiro atoms. The molecule has 1 heterocycles. The minimum Gasteiger partial charge on any atom is -0.485 e. The van der Waals surface area contributed by atoms with Crippen LogP contribution < -0.4 is 14.8 Å². The van der Waals surface area contributed by atoms with E-state index in [-0.39, 0.29) is 30.1 Å². The molecule has 2 bridgehead atoms. The van der Waals surface area contributed by atoms with Gasteiger partial charge in [-0.1, -0.05) is 40.0 Å². The quantitative estimate of drug-likeness (QED) is 0.475. The van der Waals surface area contributed by atoms with Crippen LogP contribution in [0.15, 0.2) is 47.0 Å². The molecule has 2 aromatic carbocycles. The summed E-state index contributed by atoms with van der Waals surface area (Å²) in [6, 6.07) is 11.9. The summed E-state index contributed by atoms with van der Waals surface area (Å²) in [5, 5.41) is 8.57. The lowest BCUT2D eigenvalue weighted by atomic mass is 9.39. The van der Waals surface area contributed by atoms with Crippen LogP contribution in [0.25, 0.3) is 0 Å². The Bertz CT molecular complexity index is 1150. The Morgan fingerprint density at radius 1 is 1.00 bits per heavy atom. The van der Waals surface area contributed by atoms with Crippen molar-refractivity contribution >= 4 is 40.7 Å². The molecule has 166 valence electrons. The lowest BCUT2D eigenvalue weighted by Crippen LogP contribution is -2.77. The molecule has 0 saturated heterocycles. The van der Waals surface area contributed by atoms with Gasteiger partial charge in [0.15, 0.2) is 13.2 Å². The van der Waals surface area contributed by atoms with Gasteiger partial charge in [-0.05, 0) is 55.7 Å². The normalized spacial score (nSPS) is 23.1. The summed E-state index contributed by atoms with van der Waals surface area (Å²) in [4.78, 5) is 16.8.